The van der Waals surface area contributed by atoms with Crippen molar-refractivity contribution in [1.29, 1.82) is 5.26 Å². The van der Waals surface area contributed by atoms with Gasteiger partial charge in [0.15, 0.2) is 0 Å². The third kappa shape index (κ3) is 3.88. The smallest absolute Gasteiger partial charge is 0.144 e. The van der Waals surface area contributed by atoms with E-state index in [2.05, 4.69) is 44.0 Å². The maximum absolute atomic E-state index is 9.02. The molecule has 0 aliphatic heterocycles. The summed E-state index contributed by atoms with van der Waals surface area (Å²) in [5.74, 6) is 0. The minimum atomic E-state index is 0.503. The second-order valence-electron chi connectivity index (χ2n) is 4.43. The van der Waals surface area contributed by atoms with Gasteiger partial charge in [0.25, 0.3) is 0 Å². The molecule has 0 aliphatic rings. The SMILES string of the molecule is CN(Cc1cccc(Br)c1)Cc1cccnc1C#N. The van der Waals surface area contributed by atoms with Gasteiger partial charge in [0, 0.05) is 29.3 Å². The van der Waals surface area contributed by atoms with E-state index in [0.717, 1.165) is 16.6 Å². The van der Waals surface area contributed by atoms with E-state index in [-0.39, 0.29) is 0 Å². The average Bonchev–Trinajstić information content (AvgIpc) is 2.39. The highest BCUT2D eigenvalue weighted by atomic mass is 79.9. The second-order valence-corrected chi connectivity index (χ2v) is 5.34. The van der Waals surface area contributed by atoms with Gasteiger partial charge in [0.2, 0.25) is 0 Å². The molecule has 0 saturated carbocycles. The summed E-state index contributed by atoms with van der Waals surface area (Å²) in [5.41, 5.74) is 2.70. The lowest BCUT2D eigenvalue weighted by Crippen LogP contribution is -2.18. The summed E-state index contributed by atoms with van der Waals surface area (Å²) < 4.78 is 1.08. The van der Waals surface area contributed by atoms with Crippen molar-refractivity contribution in [3.05, 3.63) is 63.9 Å². The monoisotopic (exact) mass is 315 g/mol. The maximum atomic E-state index is 9.02. The van der Waals surface area contributed by atoms with Crippen LogP contribution in [0.5, 0.6) is 0 Å². The van der Waals surface area contributed by atoms with E-state index in [1.165, 1.54) is 5.56 Å². The van der Waals surface area contributed by atoms with Crippen LogP contribution in [0.2, 0.25) is 0 Å². The molecule has 3 nitrogen and oxygen atoms in total. The van der Waals surface area contributed by atoms with E-state index in [0.29, 0.717) is 12.2 Å². The molecule has 0 N–H and O–H groups in total. The largest absolute Gasteiger partial charge is 0.298 e. The molecule has 0 radical (unpaired) electrons. The summed E-state index contributed by atoms with van der Waals surface area (Å²) >= 11 is 3.47. The van der Waals surface area contributed by atoms with E-state index in [9.17, 15) is 0 Å². The minimum Gasteiger partial charge on any atom is -0.298 e. The lowest BCUT2D eigenvalue weighted by Gasteiger charge is -2.17. The summed E-state index contributed by atoms with van der Waals surface area (Å²) in [5, 5.41) is 9.02. The van der Waals surface area contributed by atoms with Gasteiger partial charge >= 0.3 is 0 Å². The predicted octanol–water partition coefficient (Wildman–Crippen LogP) is 3.35. The van der Waals surface area contributed by atoms with Crippen LogP contribution in [0.1, 0.15) is 16.8 Å². The zero-order valence-corrected chi connectivity index (χ0v) is 12.3. The molecule has 0 amide bonds. The van der Waals surface area contributed by atoms with Crippen molar-refractivity contribution >= 4 is 15.9 Å². The van der Waals surface area contributed by atoms with Crippen molar-refractivity contribution in [2.24, 2.45) is 0 Å². The zero-order valence-electron chi connectivity index (χ0n) is 10.7. The fourth-order valence-corrected chi connectivity index (χ4v) is 2.41. The standard InChI is InChI=1S/C15H14BrN3/c1-19(10-12-4-2-6-14(16)8-12)11-13-5-3-7-18-15(13)9-17/h2-8H,10-11H2,1H3. The van der Waals surface area contributed by atoms with Crippen molar-refractivity contribution in [3.63, 3.8) is 0 Å². The van der Waals surface area contributed by atoms with Crippen LogP contribution in [0.25, 0.3) is 0 Å². The Bertz CT molecular complexity index is 604. The fraction of sp³-hybridized carbons (Fsp3) is 0.200. The van der Waals surface area contributed by atoms with Crippen LogP contribution in [-0.2, 0) is 13.1 Å². The molecule has 0 atom stereocenters. The second kappa shape index (κ2) is 6.46. The molecule has 0 saturated heterocycles. The minimum absolute atomic E-state index is 0.503. The molecule has 1 aromatic carbocycles. The number of nitrogens with zero attached hydrogens (tertiary/aromatic N) is 3. The van der Waals surface area contributed by atoms with Crippen LogP contribution in [0.4, 0.5) is 0 Å². The molecule has 0 unspecified atom stereocenters. The van der Waals surface area contributed by atoms with E-state index in [1.807, 2.05) is 31.3 Å². The summed E-state index contributed by atoms with van der Waals surface area (Å²) in [4.78, 5) is 6.24. The molecular weight excluding hydrogens is 302 g/mol. The van der Waals surface area contributed by atoms with Crippen LogP contribution in [0, 0.1) is 11.3 Å². The van der Waals surface area contributed by atoms with Gasteiger partial charge in [-0.15, -0.1) is 0 Å². The van der Waals surface area contributed by atoms with Gasteiger partial charge in [0.05, 0.1) is 0 Å². The Morgan fingerprint density at radius 2 is 2.11 bits per heavy atom. The maximum Gasteiger partial charge on any atom is 0.144 e. The first-order valence-electron chi connectivity index (χ1n) is 5.96. The van der Waals surface area contributed by atoms with Gasteiger partial charge in [-0.25, -0.2) is 4.98 Å². The predicted molar refractivity (Wildman–Crippen MR) is 78.3 cm³/mol. The number of hydrogen-bond donors (Lipinski definition) is 0. The molecule has 0 aliphatic carbocycles. The number of aromatic nitrogens is 1. The Kier molecular flexibility index (Phi) is 4.67. The molecule has 0 spiro atoms. The molecule has 1 aromatic heterocycles. The number of pyridine rings is 1. The first kappa shape index (κ1) is 13.7. The topological polar surface area (TPSA) is 39.9 Å². The van der Waals surface area contributed by atoms with Crippen LogP contribution in [0.3, 0.4) is 0 Å². The van der Waals surface area contributed by atoms with E-state index in [1.54, 1.807) is 6.20 Å². The number of benzene rings is 1. The summed E-state index contributed by atoms with van der Waals surface area (Å²) in [7, 11) is 2.04. The van der Waals surface area contributed by atoms with Gasteiger partial charge in [-0.2, -0.15) is 5.26 Å². The normalized spacial score (nSPS) is 10.4. The Balaban J connectivity index is 2.06. The highest BCUT2D eigenvalue weighted by molar-refractivity contribution is 9.10. The Morgan fingerprint density at radius 3 is 2.84 bits per heavy atom. The van der Waals surface area contributed by atoms with Crippen LogP contribution in [-0.4, -0.2) is 16.9 Å². The van der Waals surface area contributed by atoms with E-state index >= 15 is 0 Å². The quantitative estimate of drug-likeness (QED) is 0.868. The lowest BCUT2D eigenvalue weighted by molar-refractivity contribution is 0.318. The van der Waals surface area contributed by atoms with Crippen molar-refractivity contribution in [3.8, 4) is 6.07 Å². The zero-order chi connectivity index (χ0) is 13.7. The van der Waals surface area contributed by atoms with Gasteiger partial charge in [0.1, 0.15) is 11.8 Å². The average molecular weight is 316 g/mol. The lowest BCUT2D eigenvalue weighted by atomic mass is 10.1. The highest BCUT2D eigenvalue weighted by Crippen LogP contribution is 2.14. The number of rotatable bonds is 4. The molecular formula is C15H14BrN3. The Morgan fingerprint density at radius 1 is 1.26 bits per heavy atom. The highest BCUT2D eigenvalue weighted by Gasteiger charge is 2.06. The van der Waals surface area contributed by atoms with Gasteiger partial charge in [-0.1, -0.05) is 34.1 Å². The Labute approximate surface area is 121 Å². The number of nitriles is 1. The molecule has 19 heavy (non-hydrogen) atoms. The molecule has 2 rings (SSSR count). The third-order valence-electron chi connectivity index (χ3n) is 2.78. The van der Waals surface area contributed by atoms with Crippen molar-refractivity contribution in [1.82, 2.24) is 9.88 Å². The summed E-state index contributed by atoms with van der Waals surface area (Å²) in [6.45, 7) is 1.54. The molecule has 0 bridgehead atoms. The fourth-order valence-electron chi connectivity index (χ4n) is 1.96. The van der Waals surface area contributed by atoms with Gasteiger partial charge in [-0.3, -0.25) is 4.90 Å². The molecule has 1 heterocycles. The molecule has 4 heteroatoms. The Hall–Kier alpha value is -1.70. The molecule has 0 fully saturated rings. The van der Waals surface area contributed by atoms with Crippen molar-refractivity contribution < 1.29 is 0 Å². The summed E-state index contributed by atoms with van der Waals surface area (Å²) in [6, 6.07) is 14.2. The first-order chi connectivity index (χ1) is 9.19. The molecule has 2 aromatic rings. The number of hydrogen-bond acceptors (Lipinski definition) is 3. The van der Waals surface area contributed by atoms with Crippen LogP contribution >= 0.6 is 15.9 Å². The van der Waals surface area contributed by atoms with Gasteiger partial charge < -0.3 is 0 Å². The third-order valence-corrected chi connectivity index (χ3v) is 3.27. The molecule has 96 valence electrons. The van der Waals surface area contributed by atoms with E-state index in [4.69, 9.17) is 5.26 Å². The first-order valence-corrected chi connectivity index (χ1v) is 6.75. The summed E-state index contributed by atoms with van der Waals surface area (Å²) in [6.07, 6.45) is 1.65. The van der Waals surface area contributed by atoms with Crippen LogP contribution in [0.15, 0.2) is 47.1 Å². The van der Waals surface area contributed by atoms with Crippen molar-refractivity contribution in [2.75, 3.05) is 7.05 Å². The van der Waals surface area contributed by atoms with Crippen LogP contribution < -0.4 is 0 Å². The van der Waals surface area contributed by atoms with Gasteiger partial charge in [-0.05, 0) is 30.8 Å². The van der Waals surface area contributed by atoms with Crippen molar-refractivity contribution in [2.45, 2.75) is 13.1 Å². The van der Waals surface area contributed by atoms with E-state index < -0.39 is 0 Å². The number of halogens is 1.